The summed E-state index contributed by atoms with van der Waals surface area (Å²) in [6, 6.07) is 17.8. The van der Waals surface area contributed by atoms with Crippen LogP contribution >= 0.6 is 0 Å². The van der Waals surface area contributed by atoms with Crippen molar-refractivity contribution < 1.29 is 4.74 Å². The van der Waals surface area contributed by atoms with Gasteiger partial charge in [-0.25, -0.2) is 9.98 Å². The van der Waals surface area contributed by atoms with Crippen LogP contribution in [0.4, 0.5) is 0 Å². The largest absolute Gasteiger partial charge is 0.497 e. The molecule has 1 heterocycles. The molecule has 0 spiro atoms. The molecular weight excluding hydrogens is 250 g/mol. The molecule has 3 rings (SSSR count). The zero-order valence-corrected chi connectivity index (χ0v) is 11.2. The Labute approximate surface area is 117 Å². The van der Waals surface area contributed by atoms with E-state index < -0.39 is 0 Å². The topological polar surface area (TPSA) is 46.0 Å². The number of aliphatic imine (C=N–C) groups is 2. The van der Waals surface area contributed by atoms with E-state index in [1.165, 1.54) is 0 Å². The Morgan fingerprint density at radius 3 is 2.45 bits per heavy atom. The number of hydrogen-bond acceptors (Lipinski definition) is 4. The maximum atomic E-state index is 5.16. The number of methoxy groups -OCH3 is 1. The molecule has 2 aromatic carbocycles. The minimum Gasteiger partial charge on any atom is -0.497 e. The predicted molar refractivity (Wildman–Crippen MR) is 80.3 cm³/mol. The summed E-state index contributed by atoms with van der Waals surface area (Å²) >= 11 is 0. The molecule has 0 aromatic heterocycles. The van der Waals surface area contributed by atoms with Crippen molar-refractivity contribution in [2.24, 2.45) is 9.98 Å². The number of hydrogen-bond donors (Lipinski definition) is 1. The van der Waals surface area contributed by atoms with Crippen molar-refractivity contribution in [2.75, 3.05) is 7.11 Å². The van der Waals surface area contributed by atoms with Crippen LogP contribution in [0.1, 0.15) is 17.3 Å². The van der Waals surface area contributed by atoms with Crippen LogP contribution in [-0.4, -0.2) is 19.3 Å². The molecule has 0 radical (unpaired) electrons. The van der Waals surface area contributed by atoms with E-state index in [1.807, 2.05) is 54.6 Å². The van der Waals surface area contributed by atoms with Crippen molar-refractivity contribution in [2.45, 2.75) is 6.17 Å². The van der Waals surface area contributed by atoms with Crippen LogP contribution in [0.3, 0.4) is 0 Å². The minimum atomic E-state index is -0.211. The van der Waals surface area contributed by atoms with Gasteiger partial charge in [0.05, 0.1) is 13.4 Å². The highest BCUT2D eigenvalue weighted by atomic mass is 16.5. The highest BCUT2D eigenvalue weighted by Crippen LogP contribution is 2.23. The maximum Gasteiger partial charge on any atom is 0.169 e. The van der Waals surface area contributed by atoms with Crippen molar-refractivity contribution in [1.82, 2.24) is 5.32 Å². The summed E-state index contributed by atoms with van der Waals surface area (Å²) in [5, 5.41) is 3.09. The van der Waals surface area contributed by atoms with Crippen molar-refractivity contribution in [3.05, 3.63) is 65.7 Å². The Balaban J connectivity index is 1.88. The zero-order chi connectivity index (χ0) is 13.8. The van der Waals surface area contributed by atoms with Crippen molar-refractivity contribution >= 4 is 12.2 Å². The van der Waals surface area contributed by atoms with Crippen LogP contribution in [0.2, 0.25) is 0 Å². The molecule has 0 saturated heterocycles. The summed E-state index contributed by atoms with van der Waals surface area (Å²) < 4.78 is 5.16. The molecule has 0 aliphatic carbocycles. The van der Waals surface area contributed by atoms with E-state index in [0.717, 1.165) is 22.7 Å². The molecule has 1 aliphatic rings. The van der Waals surface area contributed by atoms with Crippen molar-refractivity contribution in [3.8, 4) is 5.75 Å². The van der Waals surface area contributed by atoms with Crippen LogP contribution in [0, 0.1) is 0 Å². The van der Waals surface area contributed by atoms with E-state index in [9.17, 15) is 0 Å². The molecule has 4 heteroatoms. The smallest absolute Gasteiger partial charge is 0.169 e. The number of ether oxygens (including phenoxy) is 1. The number of benzene rings is 2. The van der Waals surface area contributed by atoms with Gasteiger partial charge in [-0.3, -0.25) is 0 Å². The van der Waals surface area contributed by atoms with Crippen LogP contribution in [0.5, 0.6) is 5.75 Å². The van der Waals surface area contributed by atoms with Gasteiger partial charge in [-0.15, -0.1) is 0 Å². The Hall–Kier alpha value is -2.62. The number of nitrogens with one attached hydrogen (secondary N) is 1. The third kappa shape index (κ3) is 2.54. The molecule has 2 aromatic rings. The Kier molecular flexibility index (Phi) is 3.46. The molecule has 4 nitrogen and oxygen atoms in total. The summed E-state index contributed by atoms with van der Waals surface area (Å²) in [6.45, 7) is 0. The highest BCUT2D eigenvalue weighted by Gasteiger charge is 2.14. The summed E-state index contributed by atoms with van der Waals surface area (Å²) in [4.78, 5) is 9.01. The highest BCUT2D eigenvalue weighted by molar-refractivity contribution is 6.05. The summed E-state index contributed by atoms with van der Waals surface area (Å²) in [7, 11) is 1.66. The van der Waals surface area contributed by atoms with Gasteiger partial charge in [0.25, 0.3) is 0 Å². The molecular formula is C16H15N3O. The van der Waals surface area contributed by atoms with Crippen LogP contribution in [0.25, 0.3) is 0 Å². The third-order valence-corrected chi connectivity index (χ3v) is 3.13. The van der Waals surface area contributed by atoms with E-state index >= 15 is 0 Å². The van der Waals surface area contributed by atoms with Gasteiger partial charge in [0.2, 0.25) is 0 Å². The molecule has 100 valence electrons. The van der Waals surface area contributed by atoms with E-state index in [4.69, 9.17) is 4.74 Å². The first kappa shape index (κ1) is 12.4. The van der Waals surface area contributed by atoms with Crippen LogP contribution in [-0.2, 0) is 0 Å². The van der Waals surface area contributed by atoms with Crippen molar-refractivity contribution in [1.29, 1.82) is 0 Å². The molecule has 1 unspecified atom stereocenters. The Morgan fingerprint density at radius 2 is 1.75 bits per heavy atom. The number of amidine groups is 1. The normalized spacial score (nSPS) is 17.2. The van der Waals surface area contributed by atoms with E-state index in [1.54, 1.807) is 13.4 Å². The lowest BCUT2D eigenvalue weighted by molar-refractivity contribution is 0.414. The fraction of sp³-hybridized carbons (Fsp3) is 0.125. The Morgan fingerprint density at radius 1 is 1.00 bits per heavy atom. The van der Waals surface area contributed by atoms with Gasteiger partial charge in [0.1, 0.15) is 11.6 Å². The molecule has 20 heavy (non-hydrogen) atoms. The lowest BCUT2D eigenvalue weighted by Gasteiger charge is -2.17. The fourth-order valence-electron chi connectivity index (χ4n) is 2.05. The minimum absolute atomic E-state index is 0.211. The first-order chi connectivity index (χ1) is 9.86. The van der Waals surface area contributed by atoms with Crippen LogP contribution in [0.15, 0.2) is 64.6 Å². The van der Waals surface area contributed by atoms with Gasteiger partial charge in [0.15, 0.2) is 6.17 Å². The quantitative estimate of drug-likeness (QED) is 0.927. The molecule has 0 fully saturated rings. The van der Waals surface area contributed by atoms with Gasteiger partial charge in [0, 0.05) is 5.56 Å². The fourth-order valence-corrected chi connectivity index (χ4v) is 2.05. The predicted octanol–water partition coefficient (Wildman–Crippen LogP) is 2.77. The average molecular weight is 265 g/mol. The van der Waals surface area contributed by atoms with E-state index in [2.05, 4.69) is 15.3 Å². The number of rotatable bonds is 3. The molecule has 1 N–H and O–H groups in total. The summed E-state index contributed by atoms with van der Waals surface area (Å²) in [5.74, 6) is 1.67. The van der Waals surface area contributed by atoms with Crippen LogP contribution < -0.4 is 10.1 Å². The lowest BCUT2D eigenvalue weighted by Crippen LogP contribution is -2.27. The van der Waals surface area contributed by atoms with E-state index in [0.29, 0.717) is 0 Å². The van der Waals surface area contributed by atoms with Gasteiger partial charge in [-0.05, 0) is 17.7 Å². The second kappa shape index (κ2) is 5.57. The first-order valence-corrected chi connectivity index (χ1v) is 6.42. The second-order valence-corrected chi connectivity index (χ2v) is 4.41. The monoisotopic (exact) mass is 265 g/mol. The zero-order valence-electron chi connectivity index (χ0n) is 11.2. The third-order valence-electron chi connectivity index (χ3n) is 3.13. The number of nitrogens with zero attached hydrogens (tertiary/aromatic N) is 2. The van der Waals surface area contributed by atoms with Gasteiger partial charge >= 0.3 is 0 Å². The average Bonchev–Trinajstić information content (AvgIpc) is 2.56. The summed E-state index contributed by atoms with van der Waals surface area (Å²) in [6.07, 6.45) is 1.49. The van der Waals surface area contributed by atoms with E-state index in [-0.39, 0.29) is 6.17 Å². The lowest BCUT2D eigenvalue weighted by atomic mass is 10.1. The molecule has 1 aliphatic heterocycles. The van der Waals surface area contributed by atoms with Crippen molar-refractivity contribution in [3.63, 3.8) is 0 Å². The molecule has 0 bridgehead atoms. The molecule has 1 atom stereocenters. The molecule has 0 amide bonds. The Bertz CT molecular complexity index is 633. The first-order valence-electron chi connectivity index (χ1n) is 6.42. The van der Waals surface area contributed by atoms with Gasteiger partial charge in [-0.2, -0.15) is 0 Å². The standard InChI is InChI=1S/C16H15N3O/c1-20-14-9-7-13(8-10-14)16-18-11-17-15(19-16)12-5-3-2-4-6-12/h2-11,16H,1H3,(H,17,18,19). The van der Waals surface area contributed by atoms with Gasteiger partial charge < -0.3 is 10.1 Å². The second-order valence-electron chi connectivity index (χ2n) is 4.41. The van der Waals surface area contributed by atoms with Gasteiger partial charge in [-0.1, -0.05) is 42.5 Å². The SMILES string of the molecule is COc1ccc(C2N=CNC(c3ccccc3)=N2)cc1. The summed E-state index contributed by atoms with van der Waals surface area (Å²) in [5.41, 5.74) is 2.09. The molecule has 0 saturated carbocycles. The maximum absolute atomic E-state index is 5.16.